The number of ether oxygens (including phenoxy) is 2. The van der Waals surface area contributed by atoms with Crippen LogP contribution < -0.4 is 15.2 Å². The maximum atomic E-state index is 5.79. The lowest BCUT2D eigenvalue weighted by Gasteiger charge is -2.13. The van der Waals surface area contributed by atoms with E-state index in [1.807, 2.05) is 32.0 Å². The van der Waals surface area contributed by atoms with Crippen molar-refractivity contribution in [2.24, 2.45) is 5.73 Å². The van der Waals surface area contributed by atoms with Gasteiger partial charge in [0.15, 0.2) is 11.5 Å². The molecule has 0 saturated heterocycles. The van der Waals surface area contributed by atoms with Crippen molar-refractivity contribution >= 4 is 11.6 Å². The maximum Gasteiger partial charge on any atom is 0.161 e. The van der Waals surface area contributed by atoms with Crippen LogP contribution in [0.3, 0.4) is 0 Å². The fraction of sp³-hybridized carbons (Fsp3) is 0.429. The first-order chi connectivity index (χ1) is 8.56. The molecule has 1 atom stereocenters. The van der Waals surface area contributed by atoms with Crippen LogP contribution in [0.1, 0.15) is 19.4 Å². The highest BCUT2D eigenvalue weighted by atomic mass is 35.5. The fourth-order valence-corrected chi connectivity index (χ4v) is 1.62. The summed E-state index contributed by atoms with van der Waals surface area (Å²) in [5.41, 5.74) is 9.39. The van der Waals surface area contributed by atoms with Gasteiger partial charge in [-0.05, 0) is 43.5 Å². The summed E-state index contributed by atoms with van der Waals surface area (Å²) in [4.78, 5) is 0. The van der Waals surface area contributed by atoms with E-state index in [-0.39, 0.29) is 6.04 Å². The fourth-order valence-electron chi connectivity index (χ4n) is 1.56. The van der Waals surface area contributed by atoms with E-state index in [1.165, 1.54) is 5.54 Å². The van der Waals surface area contributed by atoms with Crippen LogP contribution in [-0.2, 0) is 6.42 Å². The van der Waals surface area contributed by atoms with Gasteiger partial charge in [-0.3, -0.25) is 0 Å². The Morgan fingerprint density at radius 3 is 2.72 bits per heavy atom. The lowest BCUT2D eigenvalue weighted by molar-refractivity contribution is 0.319. The predicted molar refractivity (Wildman–Crippen MR) is 75.5 cm³/mol. The Morgan fingerprint density at radius 1 is 1.44 bits per heavy atom. The van der Waals surface area contributed by atoms with Crippen LogP contribution >= 0.6 is 11.6 Å². The molecule has 0 aliphatic rings. The molecule has 2 N–H and O–H groups in total. The monoisotopic (exact) mass is 269 g/mol. The maximum absolute atomic E-state index is 5.79. The number of halogens is 1. The molecule has 0 spiro atoms. The summed E-state index contributed by atoms with van der Waals surface area (Å²) in [5, 5.41) is 0. The molecule has 1 aromatic rings. The van der Waals surface area contributed by atoms with E-state index in [9.17, 15) is 0 Å². The molecule has 0 bridgehead atoms. The number of benzene rings is 1. The Labute approximate surface area is 114 Å². The van der Waals surface area contributed by atoms with Gasteiger partial charge in [-0.1, -0.05) is 17.7 Å². The van der Waals surface area contributed by atoms with Gasteiger partial charge >= 0.3 is 0 Å². The second-order valence-electron chi connectivity index (χ2n) is 4.41. The molecular formula is C14H20ClNO2. The zero-order valence-electron chi connectivity index (χ0n) is 11.1. The van der Waals surface area contributed by atoms with Gasteiger partial charge in [0, 0.05) is 11.6 Å². The van der Waals surface area contributed by atoms with Crippen LogP contribution in [-0.4, -0.2) is 19.8 Å². The Bertz CT molecular complexity index is 416. The van der Waals surface area contributed by atoms with Crippen LogP contribution in [0.15, 0.2) is 29.3 Å². The first kappa shape index (κ1) is 14.9. The average molecular weight is 270 g/mol. The lowest BCUT2D eigenvalue weighted by Crippen LogP contribution is -2.17. The number of methoxy groups -OCH3 is 1. The van der Waals surface area contributed by atoms with Crippen molar-refractivity contribution in [3.63, 3.8) is 0 Å². The Hall–Kier alpha value is -1.19. The normalized spacial score (nSPS) is 13.3. The zero-order valence-corrected chi connectivity index (χ0v) is 11.8. The molecule has 1 aromatic carbocycles. The van der Waals surface area contributed by atoms with E-state index >= 15 is 0 Å². The van der Waals surface area contributed by atoms with Gasteiger partial charge in [0.1, 0.15) is 6.61 Å². The minimum Gasteiger partial charge on any atom is -0.493 e. The van der Waals surface area contributed by atoms with Crippen molar-refractivity contribution < 1.29 is 9.47 Å². The Morgan fingerprint density at radius 2 is 2.17 bits per heavy atom. The van der Waals surface area contributed by atoms with Gasteiger partial charge < -0.3 is 15.2 Å². The highest BCUT2D eigenvalue weighted by Gasteiger charge is 2.07. The summed E-state index contributed by atoms with van der Waals surface area (Å²) in [5.74, 6) is 1.43. The van der Waals surface area contributed by atoms with Crippen LogP contribution in [0, 0.1) is 0 Å². The summed E-state index contributed by atoms with van der Waals surface area (Å²) in [6.07, 6.45) is 0.810. The molecule has 0 aliphatic carbocycles. The summed E-state index contributed by atoms with van der Waals surface area (Å²) >= 11 is 5.60. The van der Waals surface area contributed by atoms with Crippen molar-refractivity contribution in [3.8, 4) is 11.5 Å². The standard InChI is InChI=1S/C14H20ClNO2/c1-10(8-15)9-18-14-7-12(6-11(2)16)4-5-13(14)17-3/h4-5,7-8,11H,6,9,16H2,1-3H3/b10-8+. The molecule has 0 fully saturated rings. The summed E-state index contributed by atoms with van der Waals surface area (Å²) in [6.45, 7) is 4.33. The predicted octanol–water partition coefficient (Wildman–Crippen LogP) is 3.11. The molecule has 0 saturated carbocycles. The van der Waals surface area contributed by atoms with Crippen molar-refractivity contribution in [1.82, 2.24) is 0 Å². The first-order valence-corrected chi connectivity index (χ1v) is 6.31. The minimum atomic E-state index is 0.121. The van der Waals surface area contributed by atoms with Crippen molar-refractivity contribution in [1.29, 1.82) is 0 Å². The number of rotatable bonds is 6. The highest BCUT2D eigenvalue weighted by Crippen LogP contribution is 2.28. The molecular weight excluding hydrogens is 250 g/mol. The van der Waals surface area contributed by atoms with Crippen LogP contribution in [0.4, 0.5) is 0 Å². The third kappa shape index (κ3) is 4.59. The molecule has 100 valence electrons. The van der Waals surface area contributed by atoms with E-state index < -0.39 is 0 Å². The molecule has 0 radical (unpaired) electrons. The Balaban J connectivity index is 2.84. The van der Waals surface area contributed by atoms with E-state index in [1.54, 1.807) is 7.11 Å². The second-order valence-corrected chi connectivity index (χ2v) is 4.63. The van der Waals surface area contributed by atoms with Gasteiger partial charge in [-0.25, -0.2) is 0 Å². The van der Waals surface area contributed by atoms with Gasteiger partial charge in [0.2, 0.25) is 0 Å². The third-order valence-corrected chi connectivity index (χ3v) is 2.80. The van der Waals surface area contributed by atoms with Crippen LogP contribution in [0.25, 0.3) is 0 Å². The van der Waals surface area contributed by atoms with Gasteiger partial charge in [-0.15, -0.1) is 0 Å². The SMILES string of the molecule is COc1ccc(CC(C)N)cc1OC/C(C)=C/Cl. The average Bonchev–Trinajstić information content (AvgIpc) is 2.35. The van der Waals surface area contributed by atoms with Crippen molar-refractivity contribution in [2.45, 2.75) is 26.3 Å². The first-order valence-electron chi connectivity index (χ1n) is 5.88. The lowest BCUT2D eigenvalue weighted by atomic mass is 10.1. The van der Waals surface area contributed by atoms with E-state index in [4.69, 9.17) is 26.8 Å². The highest BCUT2D eigenvalue weighted by molar-refractivity contribution is 6.25. The minimum absolute atomic E-state index is 0.121. The summed E-state index contributed by atoms with van der Waals surface area (Å²) < 4.78 is 10.9. The van der Waals surface area contributed by atoms with Gasteiger partial charge in [0.05, 0.1) is 7.11 Å². The smallest absolute Gasteiger partial charge is 0.161 e. The summed E-state index contributed by atoms with van der Waals surface area (Å²) in [6, 6.07) is 5.98. The molecule has 18 heavy (non-hydrogen) atoms. The van der Waals surface area contributed by atoms with E-state index in [0.717, 1.165) is 17.6 Å². The molecule has 1 unspecified atom stereocenters. The largest absolute Gasteiger partial charge is 0.493 e. The third-order valence-electron chi connectivity index (χ3n) is 2.43. The molecule has 4 heteroatoms. The van der Waals surface area contributed by atoms with Crippen molar-refractivity contribution in [2.75, 3.05) is 13.7 Å². The quantitative estimate of drug-likeness (QED) is 0.863. The molecule has 1 rings (SSSR count). The van der Waals surface area contributed by atoms with Crippen molar-refractivity contribution in [3.05, 3.63) is 34.9 Å². The second kappa shape index (κ2) is 7.29. The number of nitrogens with two attached hydrogens (primary N) is 1. The number of hydrogen-bond donors (Lipinski definition) is 1. The molecule has 3 nitrogen and oxygen atoms in total. The zero-order chi connectivity index (χ0) is 13.5. The summed E-state index contributed by atoms with van der Waals surface area (Å²) in [7, 11) is 1.62. The van der Waals surface area contributed by atoms with Crippen LogP contribution in [0.5, 0.6) is 11.5 Å². The molecule has 0 heterocycles. The topological polar surface area (TPSA) is 44.5 Å². The van der Waals surface area contributed by atoms with Gasteiger partial charge in [0.25, 0.3) is 0 Å². The molecule has 0 aromatic heterocycles. The van der Waals surface area contributed by atoms with E-state index in [2.05, 4.69) is 0 Å². The van der Waals surface area contributed by atoms with E-state index in [0.29, 0.717) is 18.1 Å². The van der Waals surface area contributed by atoms with Gasteiger partial charge in [-0.2, -0.15) is 0 Å². The Kier molecular flexibility index (Phi) is 6.02. The molecule has 0 aliphatic heterocycles. The number of hydrogen-bond acceptors (Lipinski definition) is 3. The molecule has 0 amide bonds. The van der Waals surface area contributed by atoms with Crippen LogP contribution in [0.2, 0.25) is 0 Å².